The predicted molar refractivity (Wildman–Crippen MR) is 74.5 cm³/mol. The highest BCUT2D eigenvalue weighted by Gasteiger charge is 2.13. The second kappa shape index (κ2) is 5.30. The number of halogens is 1. The van der Waals surface area contributed by atoms with E-state index in [4.69, 9.17) is 20.9 Å². The van der Waals surface area contributed by atoms with Crippen molar-refractivity contribution in [2.24, 2.45) is 0 Å². The van der Waals surface area contributed by atoms with E-state index in [-0.39, 0.29) is 0 Å². The summed E-state index contributed by atoms with van der Waals surface area (Å²) in [6.07, 6.45) is 1.60. The first-order valence-corrected chi connectivity index (χ1v) is 6.25. The highest BCUT2D eigenvalue weighted by atomic mass is 35.5. The molecule has 3 aromatic rings. The Morgan fingerprint density at radius 1 is 1.15 bits per heavy atom. The van der Waals surface area contributed by atoms with Gasteiger partial charge in [0.2, 0.25) is 5.82 Å². The molecule has 1 aromatic carbocycles. The molecule has 6 heteroatoms. The van der Waals surface area contributed by atoms with Crippen LogP contribution in [0.1, 0.15) is 0 Å². The first kappa shape index (κ1) is 12.6. The molecule has 20 heavy (non-hydrogen) atoms. The molecule has 0 bridgehead atoms. The molecule has 0 unspecified atom stereocenters. The molecular weight excluding hydrogens is 278 g/mol. The molecule has 0 N–H and O–H groups in total. The van der Waals surface area contributed by atoms with Crippen LogP contribution in [-0.4, -0.2) is 22.2 Å². The topological polar surface area (TPSA) is 61.0 Å². The van der Waals surface area contributed by atoms with Crippen molar-refractivity contribution in [2.45, 2.75) is 0 Å². The lowest BCUT2D eigenvalue weighted by atomic mass is 10.2. The Hall–Kier alpha value is -2.40. The molecule has 0 fully saturated rings. The van der Waals surface area contributed by atoms with E-state index in [2.05, 4.69) is 15.1 Å². The van der Waals surface area contributed by atoms with Gasteiger partial charge in [-0.25, -0.2) is 4.98 Å². The van der Waals surface area contributed by atoms with Crippen LogP contribution in [0.15, 0.2) is 47.1 Å². The van der Waals surface area contributed by atoms with Gasteiger partial charge in [-0.2, -0.15) is 4.98 Å². The largest absolute Gasteiger partial charge is 0.497 e. The van der Waals surface area contributed by atoms with Crippen molar-refractivity contribution in [3.63, 3.8) is 0 Å². The summed E-state index contributed by atoms with van der Waals surface area (Å²) in [6, 6.07) is 10.9. The fourth-order valence-corrected chi connectivity index (χ4v) is 1.94. The number of pyridine rings is 1. The summed E-state index contributed by atoms with van der Waals surface area (Å²) in [7, 11) is 1.62. The van der Waals surface area contributed by atoms with Crippen LogP contribution in [0.5, 0.6) is 5.75 Å². The van der Waals surface area contributed by atoms with Gasteiger partial charge in [0.15, 0.2) is 0 Å². The van der Waals surface area contributed by atoms with Gasteiger partial charge >= 0.3 is 0 Å². The maximum atomic E-state index is 6.00. The summed E-state index contributed by atoms with van der Waals surface area (Å²) in [4.78, 5) is 8.31. The minimum absolute atomic E-state index is 0.331. The molecule has 0 aliphatic carbocycles. The Balaban J connectivity index is 1.95. The highest BCUT2D eigenvalue weighted by molar-refractivity contribution is 6.31. The first-order chi connectivity index (χ1) is 9.78. The number of hydrogen-bond donors (Lipinski definition) is 0. The number of aromatic nitrogens is 3. The van der Waals surface area contributed by atoms with Gasteiger partial charge in [0, 0.05) is 11.8 Å². The average Bonchev–Trinajstić information content (AvgIpc) is 2.97. The van der Waals surface area contributed by atoms with Crippen molar-refractivity contribution in [3.8, 4) is 28.6 Å². The van der Waals surface area contributed by atoms with E-state index in [0.717, 1.165) is 11.3 Å². The van der Waals surface area contributed by atoms with Crippen LogP contribution in [0.2, 0.25) is 5.15 Å². The lowest BCUT2D eigenvalue weighted by Crippen LogP contribution is -1.85. The summed E-state index contributed by atoms with van der Waals surface area (Å²) in [5.41, 5.74) is 1.45. The van der Waals surface area contributed by atoms with Crippen molar-refractivity contribution in [3.05, 3.63) is 47.7 Å². The summed E-state index contributed by atoms with van der Waals surface area (Å²) in [5.74, 6) is 1.60. The zero-order valence-corrected chi connectivity index (χ0v) is 11.3. The lowest BCUT2D eigenvalue weighted by molar-refractivity contribution is 0.415. The third-order valence-corrected chi connectivity index (χ3v) is 3.06. The average molecular weight is 288 g/mol. The Morgan fingerprint density at radius 2 is 1.95 bits per heavy atom. The van der Waals surface area contributed by atoms with Gasteiger partial charge in [-0.05, 0) is 36.4 Å². The molecule has 100 valence electrons. The first-order valence-electron chi connectivity index (χ1n) is 5.87. The molecule has 0 saturated carbocycles. The maximum Gasteiger partial charge on any atom is 0.261 e. The van der Waals surface area contributed by atoms with E-state index >= 15 is 0 Å². The minimum Gasteiger partial charge on any atom is -0.497 e. The van der Waals surface area contributed by atoms with E-state index < -0.39 is 0 Å². The molecule has 0 aliphatic heterocycles. The normalized spacial score (nSPS) is 10.5. The highest BCUT2D eigenvalue weighted by Crippen LogP contribution is 2.27. The van der Waals surface area contributed by atoms with Crippen LogP contribution in [0.4, 0.5) is 0 Å². The summed E-state index contributed by atoms with van der Waals surface area (Å²) >= 11 is 6.00. The molecule has 0 atom stereocenters. The van der Waals surface area contributed by atoms with Crippen molar-refractivity contribution in [1.29, 1.82) is 0 Å². The predicted octanol–water partition coefficient (Wildman–Crippen LogP) is 3.46. The smallest absolute Gasteiger partial charge is 0.261 e. The Labute approximate surface area is 120 Å². The Kier molecular flexibility index (Phi) is 3.35. The fraction of sp³-hybridized carbons (Fsp3) is 0.0714. The molecular formula is C14H10ClN3O2. The lowest BCUT2D eigenvalue weighted by Gasteiger charge is -1.99. The zero-order chi connectivity index (χ0) is 13.9. The molecule has 0 saturated heterocycles. The summed E-state index contributed by atoms with van der Waals surface area (Å²) in [5, 5.41) is 4.28. The van der Waals surface area contributed by atoms with Crippen molar-refractivity contribution in [2.75, 3.05) is 7.11 Å². The van der Waals surface area contributed by atoms with Gasteiger partial charge in [0.05, 0.1) is 12.7 Å². The maximum absolute atomic E-state index is 6.00. The molecule has 5 nitrogen and oxygen atoms in total. The molecule has 0 amide bonds. The van der Waals surface area contributed by atoms with Crippen LogP contribution in [0.25, 0.3) is 22.8 Å². The standard InChI is InChI=1S/C14H10ClN3O2/c1-19-10-6-4-9(5-7-10)13-17-14(20-18-13)11-3-2-8-16-12(11)15/h2-8H,1H3. The van der Waals surface area contributed by atoms with Gasteiger partial charge < -0.3 is 9.26 Å². The molecule has 2 heterocycles. The third-order valence-electron chi connectivity index (χ3n) is 2.76. The van der Waals surface area contributed by atoms with E-state index in [1.807, 2.05) is 24.3 Å². The second-order valence-electron chi connectivity index (χ2n) is 3.99. The van der Waals surface area contributed by atoms with E-state index in [1.165, 1.54) is 0 Å². The van der Waals surface area contributed by atoms with Gasteiger partial charge in [0.25, 0.3) is 5.89 Å². The van der Waals surface area contributed by atoms with Crippen LogP contribution >= 0.6 is 11.6 Å². The Morgan fingerprint density at radius 3 is 2.65 bits per heavy atom. The number of rotatable bonds is 3. The van der Waals surface area contributed by atoms with Crippen molar-refractivity contribution < 1.29 is 9.26 Å². The van der Waals surface area contributed by atoms with E-state index in [1.54, 1.807) is 25.4 Å². The van der Waals surface area contributed by atoms with Crippen molar-refractivity contribution >= 4 is 11.6 Å². The van der Waals surface area contributed by atoms with Crippen LogP contribution in [0, 0.1) is 0 Å². The number of methoxy groups -OCH3 is 1. The van der Waals surface area contributed by atoms with Crippen LogP contribution in [-0.2, 0) is 0 Å². The van der Waals surface area contributed by atoms with Gasteiger partial charge in [-0.1, -0.05) is 16.8 Å². The second-order valence-corrected chi connectivity index (χ2v) is 4.35. The van der Waals surface area contributed by atoms with Crippen LogP contribution in [0.3, 0.4) is 0 Å². The quantitative estimate of drug-likeness (QED) is 0.690. The number of nitrogens with zero attached hydrogens (tertiary/aromatic N) is 3. The zero-order valence-electron chi connectivity index (χ0n) is 10.6. The fourth-order valence-electron chi connectivity index (χ4n) is 1.74. The van der Waals surface area contributed by atoms with Crippen molar-refractivity contribution in [1.82, 2.24) is 15.1 Å². The molecule has 0 spiro atoms. The third kappa shape index (κ3) is 2.35. The number of ether oxygens (including phenoxy) is 1. The minimum atomic E-state index is 0.331. The molecule has 0 aliphatic rings. The number of hydrogen-bond acceptors (Lipinski definition) is 5. The van der Waals surface area contributed by atoms with E-state index in [9.17, 15) is 0 Å². The Bertz CT molecular complexity index is 725. The molecule has 2 aromatic heterocycles. The summed E-state index contributed by atoms with van der Waals surface area (Å²) in [6.45, 7) is 0. The van der Waals surface area contributed by atoms with Crippen LogP contribution < -0.4 is 4.74 Å². The SMILES string of the molecule is COc1ccc(-c2noc(-c3cccnc3Cl)n2)cc1. The molecule has 0 radical (unpaired) electrons. The molecule has 3 rings (SSSR count). The number of benzene rings is 1. The summed E-state index contributed by atoms with van der Waals surface area (Å²) < 4.78 is 10.3. The van der Waals surface area contributed by atoms with Gasteiger partial charge in [0.1, 0.15) is 10.9 Å². The van der Waals surface area contributed by atoms with E-state index in [0.29, 0.717) is 22.4 Å². The van der Waals surface area contributed by atoms with Gasteiger partial charge in [-0.3, -0.25) is 0 Å². The van der Waals surface area contributed by atoms with Gasteiger partial charge in [-0.15, -0.1) is 0 Å². The monoisotopic (exact) mass is 287 g/mol.